The standard InChI is InChI=1S/C24H24N4O4S2/c1-26-10-12-27(13-11-26)24(30)16-6-8-18(9-7-16)34(31,32)28-15-17-14-21(23(25)29)33-22(17)19-4-2-3-5-20(19)28/h2-9,14H,10-13,15H2,1H3,(H2,25,29). The van der Waals surface area contributed by atoms with Crippen LogP contribution in [0.5, 0.6) is 0 Å². The Hall–Kier alpha value is -3.21. The number of nitrogens with zero attached hydrogens (tertiary/aromatic N) is 3. The van der Waals surface area contributed by atoms with Crippen LogP contribution in [0.15, 0.2) is 59.5 Å². The average Bonchev–Trinajstić information content (AvgIpc) is 3.29. The Balaban J connectivity index is 1.45. The summed E-state index contributed by atoms with van der Waals surface area (Å²) < 4.78 is 28.7. The largest absolute Gasteiger partial charge is 0.365 e. The van der Waals surface area contributed by atoms with Crippen molar-refractivity contribution in [2.75, 3.05) is 37.5 Å². The van der Waals surface area contributed by atoms with Gasteiger partial charge in [-0.25, -0.2) is 8.42 Å². The van der Waals surface area contributed by atoms with Crippen molar-refractivity contribution in [3.63, 3.8) is 0 Å². The fourth-order valence-corrected chi connectivity index (χ4v) is 6.84. The summed E-state index contributed by atoms with van der Waals surface area (Å²) in [6.45, 7) is 3.02. The first kappa shape index (κ1) is 22.6. The van der Waals surface area contributed by atoms with Crippen LogP contribution < -0.4 is 10.0 Å². The van der Waals surface area contributed by atoms with E-state index in [-0.39, 0.29) is 17.3 Å². The lowest BCUT2D eigenvalue weighted by Crippen LogP contribution is -2.47. The molecule has 2 aliphatic heterocycles. The van der Waals surface area contributed by atoms with Gasteiger partial charge >= 0.3 is 0 Å². The molecule has 1 saturated heterocycles. The lowest BCUT2D eigenvalue weighted by atomic mass is 10.0. The molecule has 3 heterocycles. The lowest BCUT2D eigenvalue weighted by Gasteiger charge is -2.32. The van der Waals surface area contributed by atoms with Crippen molar-refractivity contribution < 1.29 is 18.0 Å². The van der Waals surface area contributed by atoms with Crippen LogP contribution in [0.3, 0.4) is 0 Å². The van der Waals surface area contributed by atoms with Gasteiger partial charge in [-0.05, 0) is 49.0 Å². The summed E-state index contributed by atoms with van der Waals surface area (Å²) in [5, 5.41) is 0. The zero-order valence-electron chi connectivity index (χ0n) is 18.6. The minimum absolute atomic E-state index is 0.0951. The number of benzene rings is 2. The molecule has 8 nitrogen and oxygen atoms in total. The van der Waals surface area contributed by atoms with E-state index < -0.39 is 15.9 Å². The van der Waals surface area contributed by atoms with E-state index in [0.717, 1.165) is 29.1 Å². The number of primary amides is 1. The third-order valence-corrected chi connectivity index (χ3v) is 9.26. The molecule has 0 saturated carbocycles. The van der Waals surface area contributed by atoms with E-state index in [1.807, 2.05) is 19.2 Å². The van der Waals surface area contributed by atoms with Crippen LogP contribution in [0.25, 0.3) is 10.4 Å². The highest BCUT2D eigenvalue weighted by molar-refractivity contribution is 7.92. The summed E-state index contributed by atoms with van der Waals surface area (Å²) >= 11 is 1.27. The van der Waals surface area contributed by atoms with Crippen molar-refractivity contribution in [2.45, 2.75) is 11.4 Å². The lowest BCUT2D eigenvalue weighted by molar-refractivity contribution is 0.0664. The zero-order valence-corrected chi connectivity index (χ0v) is 20.2. The second kappa shape index (κ2) is 8.53. The first-order valence-corrected chi connectivity index (χ1v) is 13.1. The molecule has 1 fully saturated rings. The van der Waals surface area contributed by atoms with E-state index >= 15 is 0 Å². The minimum atomic E-state index is -3.91. The van der Waals surface area contributed by atoms with Crippen LogP contribution in [-0.2, 0) is 16.6 Å². The first-order chi connectivity index (χ1) is 16.3. The van der Waals surface area contributed by atoms with Gasteiger partial charge in [-0.3, -0.25) is 13.9 Å². The van der Waals surface area contributed by atoms with Crippen LogP contribution >= 0.6 is 11.3 Å². The van der Waals surface area contributed by atoms with Crippen LogP contribution in [0.1, 0.15) is 25.6 Å². The number of anilines is 1. The second-order valence-electron chi connectivity index (χ2n) is 8.48. The van der Waals surface area contributed by atoms with Gasteiger partial charge < -0.3 is 15.5 Å². The van der Waals surface area contributed by atoms with Gasteiger partial charge in [0.05, 0.1) is 22.0 Å². The molecule has 0 spiro atoms. The van der Waals surface area contributed by atoms with E-state index in [1.165, 1.54) is 27.8 Å². The Morgan fingerprint density at radius 2 is 1.65 bits per heavy atom. The number of fused-ring (bicyclic) bond motifs is 3. The molecule has 0 unspecified atom stereocenters. The number of thiophene rings is 1. The summed E-state index contributed by atoms with van der Waals surface area (Å²) in [5.41, 5.74) is 7.96. The van der Waals surface area contributed by atoms with Crippen LogP contribution in [0.2, 0.25) is 0 Å². The van der Waals surface area contributed by atoms with Crippen LogP contribution in [0, 0.1) is 0 Å². The number of para-hydroxylation sites is 1. The predicted molar refractivity (Wildman–Crippen MR) is 131 cm³/mol. The Morgan fingerprint density at radius 1 is 0.971 bits per heavy atom. The number of sulfonamides is 1. The SMILES string of the molecule is CN1CCN(C(=O)c2ccc(S(=O)(=O)N3Cc4cc(C(N)=O)sc4-c4ccccc43)cc2)CC1. The number of piperazine rings is 1. The van der Waals surface area contributed by atoms with Gasteiger partial charge in [0.25, 0.3) is 21.8 Å². The quantitative estimate of drug-likeness (QED) is 0.598. The highest BCUT2D eigenvalue weighted by atomic mass is 32.2. The molecular weight excluding hydrogens is 472 g/mol. The summed E-state index contributed by atoms with van der Waals surface area (Å²) in [5.74, 6) is -0.630. The number of hydrogen-bond donors (Lipinski definition) is 1. The Bertz CT molecular complexity index is 1370. The third-order valence-electron chi connectivity index (χ3n) is 6.26. The maximum Gasteiger partial charge on any atom is 0.264 e. The van der Waals surface area contributed by atoms with Crippen molar-refractivity contribution in [1.82, 2.24) is 9.80 Å². The van der Waals surface area contributed by atoms with Crippen LogP contribution in [-0.4, -0.2) is 63.3 Å². The molecule has 2 aliphatic rings. The fraction of sp³-hybridized carbons (Fsp3) is 0.250. The predicted octanol–water partition coefficient (Wildman–Crippen LogP) is 2.61. The summed E-state index contributed by atoms with van der Waals surface area (Å²) in [7, 11) is -1.89. The maximum atomic E-state index is 13.7. The normalized spacial score (nSPS) is 16.1. The topological polar surface area (TPSA) is 104 Å². The Morgan fingerprint density at radius 3 is 2.32 bits per heavy atom. The summed E-state index contributed by atoms with van der Waals surface area (Å²) in [4.78, 5) is 29.9. The molecule has 2 aromatic carbocycles. The van der Waals surface area contributed by atoms with E-state index in [9.17, 15) is 18.0 Å². The van der Waals surface area contributed by atoms with Crippen molar-refractivity contribution in [2.24, 2.45) is 5.73 Å². The van der Waals surface area contributed by atoms with Crippen molar-refractivity contribution >= 4 is 38.9 Å². The maximum absolute atomic E-state index is 13.7. The summed E-state index contributed by atoms with van der Waals surface area (Å²) in [6.07, 6.45) is 0. The fourth-order valence-electron chi connectivity index (χ4n) is 4.32. The molecule has 0 aliphatic carbocycles. The molecule has 10 heteroatoms. The molecule has 0 bridgehead atoms. The molecule has 3 aromatic rings. The highest BCUT2D eigenvalue weighted by Gasteiger charge is 2.33. The molecular formula is C24H24N4O4S2. The van der Waals surface area contributed by atoms with Crippen molar-refractivity contribution in [3.05, 3.63) is 70.6 Å². The Labute approximate surface area is 202 Å². The molecule has 1 aromatic heterocycles. The van der Waals surface area contributed by atoms with E-state index in [2.05, 4.69) is 4.90 Å². The first-order valence-electron chi connectivity index (χ1n) is 10.9. The number of carbonyl (C=O) groups is 2. The molecule has 176 valence electrons. The molecule has 2 amide bonds. The van der Waals surface area contributed by atoms with E-state index in [1.54, 1.807) is 35.2 Å². The number of carbonyl (C=O) groups excluding carboxylic acids is 2. The molecule has 34 heavy (non-hydrogen) atoms. The monoisotopic (exact) mass is 496 g/mol. The van der Waals surface area contributed by atoms with Crippen LogP contribution in [0.4, 0.5) is 5.69 Å². The molecule has 5 rings (SSSR count). The second-order valence-corrected chi connectivity index (χ2v) is 11.4. The number of hydrogen-bond acceptors (Lipinski definition) is 6. The smallest absolute Gasteiger partial charge is 0.264 e. The number of amides is 2. The molecule has 0 radical (unpaired) electrons. The van der Waals surface area contributed by atoms with Gasteiger partial charge in [0.2, 0.25) is 0 Å². The number of nitrogens with two attached hydrogens (primary N) is 1. The van der Waals surface area contributed by atoms with Crippen molar-refractivity contribution in [3.8, 4) is 10.4 Å². The number of rotatable bonds is 4. The van der Waals surface area contributed by atoms with Gasteiger partial charge in [-0.2, -0.15) is 0 Å². The Kier molecular flexibility index (Phi) is 5.67. The minimum Gasteiger partial charge on any atom is -0.365 e. The van der Waals surface area contributed by atoms with Gasteiger partial charge in [-0.15, -0.1) is 11.3 Å². The van der Waals surface area contributed by atoms with Gasteiger partial charge in [0.15, 0.2) is 0 Å². The van der Waals surface area contributed by atoms with E-state index in [4.69, 9.17) is 5.73 Å². The average molecular weight is 497 g/mol. The molecule has 2 N–H and O–H groups in total. The number of likely N-dealkylation sites (N-methyl/N-ethyl adjacent to an activating group) is 1. The zero-order chi connectivity index (χ0) is 24.0. The molecule has 0 atom stereocenters. The van der Waals surface area contributed by atoms with Gasteiger partial charge in [-0.1, -0.05) is 18.2 Å². The third kappa shape index (κ3) is 3.87. The van der Waals surface area contributed by atoms with E-state index in [0.29, 0.717) is 29.2 Å². The highest BCUT2D eigenvalue weighted by Crippen LogP contribution is 2.45. The van der Waals surface area contributed by atoms with Gasteiger partial charge in [0.1, 0.15) is 0 Å². The van der Waals surface area contributed by atoms with Gasteiger partial charge in [0, 0.05) is 42.2 Å². The van der Waals surface area contributed by atoms with Crippen molar-refractivity contribution in [1.29, 1.82) is 0 Å². The summed E-state index contributed by atoms with van der Waals surface area (Å²) in [6, 6.07) is 15.0.